The van der Waals surface area contributed by atoms with E-state index in [0.29, 0.717) is 11.8 Å². The maximum Gasteiger partial charge on any atom is 0.165 e. The highest BCUT2D eigenvalue weighted by Gasteiger charge is 2.10. The van der Waals surface area contributed by atoms with Gasteiger partial charge in [0.05, 0.1) is 5.56 Å². The fourth-order valence-electron chi connectivity index (χ4n) is 1.58. The molecule has 19 heavy (non-hydrogen) atoms. The summed E-state index contributed by atoms with van der Waals surface area (Å²) < 4.78 is 18.8. The molecule has 2 rings (SSSR count). The summed E-state index contributed by atoms with van der Waals surface area (Å²) in [6.45, 7) is -0.0293. The van der Waals surface area contributed by atoms with E-state index in [2.05, 4.69) is 4.98 Å². The average molecular weight is 256 g/mol. The van der Waals surface area contributed by atoms with Gasteiger partial charge in [0, 0.05) is 11.8 Å². The lowest BCUT2D eigenvalue weighted by Crippen LogP contribution is -2.03. The zero-order valence-electron chi connectivity index (χ0n) is 9.84. The highest BCUT2D eigenvalue weighted by molar-refractivity contribution is 5.79. The number of nitrogens with zero attached hydrogens (tertiary/aromatic N) is 2. The molecule has 0 aliphatic rings. The van der Waals surface area contributed by atoms with Crippen LogP contribution >= 0.6 is 0 Å². The number of para-hydroxylation sites is 1. The van der Waals surface area contributed by atoms with E-state index in [1.807, 2.05) is 6.07 Å². The van der Waals surface area contributed by atoms with Crippen LogP contribution in [0.2, 0.25) is 0 Å². The van der Waals surface area contributed by atoms with Crippen molar-refractivity contribution < 1.29 is 13.9 Å². The third kappa shape index (κ3) is 2.75. The Morgan fingerprint density at radius 2 is 2.21 bits per heavy atom. The van der Waals surface area contributed by atoms with Gasteiger partial charge in [-0.15, -0.1) is 0 Å². The first-order chi connectivity index (χ1) is 9.26. The van der Waals surface area contributed by atoms with Gasteiger partial charge in [0.1, 0.15) is 18.4 Å². The molecule has 0 fully saturated rings. The summed E-state index contributed by atoms with van der Waals surface area (Å²) in [4.78, 5) is 14.7. The van der Waals surface area contributed by atoms with Gasteiger partial charge in [-0.3, -0.25) is 4.79 Å². The number of aldehydes is 1. The van der Waals surface area contributed by atoms with Gasteiger partial charge in [-0.1, -0.05) is 12.1 Å². The molecule has 4 nitrogen and oxygen atoms in total. The molecule has 0 atom stereocenters. The van der Waals surface area contributed by atoms with Crippen LogP contribution < -0.4 is 4.74 Å². The normalized spacial score (nSPS) is 9.68. The monoisotopic (exact) mass is 256 g/mol. The number of benzene rings is 1. The van der Waals surface area contributed by atoms with Crippen LogP contribution in [0.4, 0.5) is 4.39 Å². The lowest BCUT2D eigenvalue weighted by Gasteiger charge is -2.09. The Morgan fingerprint density at radius 3 is 2.95 bits per heavy atom. The molecule has 0 unspecified atom stereocenters. The number of rotatable bonds is 4. The second-order valence-electron chi connectivity index (χ2n) is 3.69. The van der Waals surface area contributed by atoms with Gasteiger partial charge in [-0.05, 0) is 18.2 Å². The molecule has 94 valence electrons. The zero-order valence-corrected chi connectivity index (χ0v) is 9.84. The highest BCUT2D eigenvalue weighted by atomic mass is 19.1. The summed E-state index contributed by atoms with van der Waals surface area (Å²) in [6.07, 6.45) is 2.01. The first kappa shape index (κ1) is 12.7. The fourth-order valence-corrected chi connectivity index (χ4v) is 1.58. The minimum atomic E-state index is -0.619. The van der Waals surface area contributed by atoms with Gasteiger partial charge in [0.15, 0.2) is 17.9 Å². The standard InChI is InChI=1S/C14H9FN2O2/c15-12-5-1-3-10(8-18)14(12)19-9-11-4-2-6-17-13(11)7-16/h1-6,8H,9H2. The number of nitriles is 1. The van der Waals surface area contributed by atoms with Crippen LogP contribution in [-0.4, -0.2) is 11.3 Å². The Balaban J connectivity index is 2.24. The van der Waals surface area contributed by atoms with Gasteiger partial charge in [-0.25, -0.2) is 9.37 Å². The topological polar surface area (TPSA) is 63.0 Å². The molecule has 0 bridgehead atoms. The van der Waals surface area contributed by atoms with Crippen molar-refractivity contribution in [2.45, 2.75) is 6.61 Å². The number of hydrogen-bond donors (Lipinski definition) is 0. The van der Waals surface area contributed by atoms with E-state index < -0.39 is 5.82 Å². The molecule has 1 heterocycles. The molecule has 2 aromatic rings. The van der Waals surface area contributed by atoms with E-state index in [0.717, 1.165) is 0 Å². The number of hydrogen-bond acceptors (Lipinski definition) is 4. The second kappa shape index (κ2) is 5.74. The minimum Gasteiger partial charge on any atom is -0.485 e. The Hall–Kier alpha value is -2.74. The molecule has 5 heteroatoms. The second-order valence-corrected chi connectivity index (χ2v) is 3.69. The van der Waals surface area contributed by atoms with Crippen molar-refractivity contribution in [1.82, 2.24) is 4.98 Å². The summed E-state index contributed by atoms with van der Waals surface area (Å²) in [5.74, 6) is -0.739. The van der Waals surface area contributed by atoms with Crippen molar-refractivity contribution >= 4 is 6.29 Å². The Labute approximate surface area is 109 Å². The first-order valence-electron chi connectivity index (χ1n) is 5.46. The third-order valence-corrected chi connectivity index (χ3v) is 2.49. The molecular weight excluding hydrogens is 247 g/mol. The largest absolute Gasteiger partial charge is 0.485 e. The van der Waals surface area contributed by atoms with Crippen LogP contribution in [0.15, 0.2) is 36.5 Å². The smallest absolute Gasteiger partial charge is 0.165 e. The van der Waals surface area contributed by atoms with Crippen molar-refractivity contribution in [3.63, 3.8) is 0 Å². The highest BCUT2D eigenvalue weighted by Crippen LogP contribution is 2.22. The Bertz CT molecular complexity index is 650. The SMILES string of the molecule is N#Cc1ncccc1COc1c(F)cccc1C=O. The van der Waals surface area contributed by atoms with Crippen LogP contribution in [-0.2, 0) is 6.61 Å². The molecule has 0 aliphatic carbocycles. The van der Waals surface area contributed by atoms with E-state index in [1.165, 1.54) is 24.4 Å². The number of halogens is 1. The maximum absolute atomic E-state index is 13.6. The molecular formula is C14H9FN2O2. The Kier molecular flexibility index (Phi) is 3.84. The summed E-state index contributed by atoms with van der Waals surface area (Å²) in [5.41, 5.74) is 0.874. The third-order valence-electron chi connectivity index (χ3n) is 2.49. The maximum atomic E-state index is 13.6. The molecule has 1 aromatic carbocycles. The van der Waals surface area contributed by atoms with Crippen molar-refractivity contribution in [2.24, 2.45) is 0 Å². The number of carbonyl (C=O) groups is 1. The summed E-state index contributed by atoms with van der Waals surface area (Å²) >= 11 is 0. The van der Waals surface area contributed by atoms with Crippen molar-refractivity contribution in [3.05, 3.63) is 59.2 Å². The van der Waals surface area contributed by atoms with Gasteiger partial charge >= 0.3 is 0 Å². The quantitative estimate of drug-likeness (QED) is 0.788. The van der Waals surface area contributed by atoms with Crippen LogP contribution in [0.3, 0.4) is 0 Å². The summed E-state index contributed by atoms with van der Waals surface area (Å²) in [6, 6.07) is 9.33. The molecule has 0 spiro atoms. The van der Waals surface area contributed by atoms with E-state index in [-0.39, 0.29) is 23.6 Å². The predicted molar refractivity (Wildman–Crippen MR) is 65.1 cm³/mol. The van der Waals surface area contributed by atoms with Crippen molar-refractivity contribution in [2.75, 3.05) is 0 Å². The van der Waals surface area contributed by atoms with Crippen LogP contribution in [0.25, 0.3) is 0 Å². The minimum absolute atomic E-state index is 0.0293. The number of ether oxygens (including phenoxy) is 1. The molecule has 0 saturated heterocycles. The molecule has 0 radical (unpaired) electrons. The fraction of sp³-hybridized carbons (Fsp3) is 0.0714. The van der Waals surface area contributed by atoms with Crippen molar-refractivity contribution in [3.8, 4) is 11.8 Å². The average Bonchev–Trinajstić information content (AvgIpc) is 2.46. The van der Waals surface area contributed by atoms with E-state index in [9.17, 15) is 9.18 Å². The lowest BCUT2D eigenvalue weighted by atomic mass is 10.2. The Morgan fingerprint density at radius 1 is 1.37 bits per heavy atom. The summed E-state index contributed by atoms with van der Waals surface area (Å²) in [7, 11) is 0. The van der Waals surface area contributed by atoms with Crippen LogP contribution in [0.1, 0.15) is 21.6 Å². The number of carbonyl (C=O) groups excluding carboxylic acids is 1. The van der Waals surface area contributed by atoms with E-state index >= 15 is 0 Å². The van der Waals surface area contributed by atoms with Gasteiger partial charge in [0.25, 0.3) is 0 Å². The van der Waals surface area contributed by atoms with E-state index in [1.54, 1.807) is 12.1 Å². The van der Waals surface area contributed by atoms with Crippen LogP contribution in [0.5, 0.6) is 5.75 Å². The molecule has 0 N–H and O–H groups in total. The van der Waals surface area contributed by atoms with Gasteiger partial charge in [0.2, 0.25) is 0 Å². The summed E-state index contributed by atoms with van der Waals surface area (Å²) in [5, 5.41) is 8.87. The molecule has 0 aliphatic heterocycles. The van der Waals surface area contributed by atoms with Gasteiger partial charge in [-0.2, -0.15) is 5.26 Å². The molecule has 0 amide bonds. The van der Waals surface area contributed by atoms with E-state index in [4.69, 9.17) is 10.00 Å². The lowest BCUT2D eigenvalue weighted by molar-refractivity contribution is 0.111. The van der Waals surface area contributed by atoms with Crippen LogP contribution in [0, 0.1) is 17.1 Å². The number of pyridine rings is 1. The first-order valence-corrected chi connectivity index (χ1v) is 5.46. The zero-order chi connectivity index (χ0) is 13.7. The number of aromatic nitrogens is 1. The molecule has 1 aromatic heterocycles. The predicted octanol–water partition coefficient (Wildman–Crippen LogP) is 2.48. The van der Waals surface area contributed by atoms with Crippen molar-refractivity contribution in [1.29, 1.82) is 5.26 Å². The molecule has 0 saturated carbocycles. The van der Waals surface area contributed by atoms with Gasteiger partial charge < -0.3 is 4.74 Å².